The molecule has 1 aromatic rings. The summed E-state index contributed by atoms with van der Waals surface area (Å²) in [6.07, 6.45) is 3.34. The Balaban J connectivity index is 1.81. The van der Waals surface area contributed by atoms with Crippen molar-refractivity contribution in [3.63, 3.8) is 0 Å². The summed E-state index contributed by atoms with van der Waals surface area (Å²) in [5.74, 6) is -1.07. The summed E-state index contributed by atoms with van der Waals surface area (Å²) in [7, 11) is 0. The maximum absolute atomic E-state index is 11.9. The van der Waals surface area contributed by atoms with Gasteiger partial charge in [0.05, 0.1) is 13.1 Å². The number of amides is 1. The number of nitrogens with zero attached hydrogens (tertiary/aromatic N) is 1. The Hall–Kier alpha value is -1.66. The smallest absolute Gasteiger partial charge is 0.329 e. The Bertz CT molecular complexity index is 543. The van der Waals surface area contributed by atoms with Crippen molar-refractivity contribution in [2.24, 2.45) is 0 Å². The molecule has 1 saturated heterocycles. The largest absolute Gasteiger partial charge is 0.480 e. The van der Waals surface area contributed by atoms with Gasteiger partial charge in [0.1, 0.15) is 12.2 Å². The van der Waals surface area contributed by atoms with Gasteiger partial charge in [-0.1, -0.05) is 0 Å². The fourth-order valence-electron chi connectivity index (χ4n) is 2.05. The van der Waals surface area contributed by atoms with Crippen molar-refractivity contribution in [3.05, 3.63) is 28.0 Å². The predicted octanol–water partition coefficient (Wildman–Crippen LogP) is 1.77. The van der Waals surface area contributed by atoms with Crippen LogP contribution in [0.2, 0.25) is 0 Å². The van der Waals surface area contributed by atoms with Crippen LogP contribution in [0.4, 0.5) is 0 Å². The molecule has 0 aromatic carbocycles. The Morgan fingerprint density at radius 3 is 2.75 bits per heavy atom. The first-order valence-electron chi connectivity index (χ1n) is 6.27. The van der Waals surface area contributed by atoms with E-state index in [4.69, 9.17) is 9.84 Å². The predicted molar refractivity (Wildman–Crippen MR) is 76.7 cm³/mol. The minimum atomic E-state index is -0.996. The maximum atomic E-state index is 11.9. The molecule has 0 bridgehead atoms. The van der Waals surface area contributed by atoms with Crippen LogP contribution in [-0.2, 0) is 14.3 Å². The van der Waals surface area contributed by atoms with E-state index in [9.17, 15) is 9.59 Å². The standard InChI is InChI=1S/C14H17NO4S/c1-10-3-4-11(20-10)5-6-12(16)15-8-14(2,9-15)19-7-13(17)18/h3-6H,7-9H2,1-2H3,(H,17,18)/b6-5+. The monoisotopic (exact) mass is 295 g/mol. The molecule has 0 atom stereocenters. The number of hydrogen-bond donors (Lipinski definition) is 1. The molecule has 1 aliphatic heterocycles. The summed E-state index contributed by atoms with van der Waals surface area (Å²) in [5, 5.41) is 8.57. The Labute approximate surface area is 121 Å². The lowest BCUT2D eigenvalue weighted by molar-refractivity contribution is -0.170. The highest BCUT2D eigenvalue weighted by molar-refractivity contribution is 7.12. The molecule has 1 fully saturated rings. The lowest BCUT2D eigenvalue weighted by Crippen LogP contribution is -2.63. The highest BCUT2D eigenvalue weighted by atomic mass is 32.1. The minimum absolute atomic E-state index is 0.0764. The zero-order valence-electron chi connectivity index (χ0n) is 11.5. The van der Waals surface area contributed by atoms with Gasteiger partial charge >= 0.3 is 5.97 Å². The van der Waals surface area contributed by atoms with E-state index in [1.165, 1.54) is 4.88 Å². The van der Waals surface area contributed by atoms with Gasteiger partial charge in [-0.15, -0.1) is 11.3 Å². The van der Waals surface area contributed by atoms with Gasteiger partial charge in [-0.2, -0.15) is 0 Å². The Morgan fingerprint density at radius 1 is 1.50 bits per heavy atom. The van der Waals surface area contributed by atoms with E-state index in [0.29, 0.717) is 13.1 Å². The van der Waals surface area contributed by atoms with Crippen LogP contribution < -0.4 is 0 Å². The molecule has 0 unspecified atom stereocenters. The number of aliphatic carboxylic acids is 1. The molecular formula is C14H17NO4S. The van der Waals surface area contributed by atoms with E-state index in [2.05, 4.69) is 0 Å². The molecule has 1 N–H and O–H groups in total. The number of carbonyl (C=O) groups excluding carboxylic acids is 1. The quantitative estimate of drug-likeness (QED) is 0.841. The van der Waals surface area contributed by atoms with Crippen molar-refractivity contribution in [2.45, 2.75) is 19.4 Å². The van der Waals surface area contributed by atoms with E-state index < -0.39 is 11.6 Å². The maximum Gasteiger partial charge on any atom is 0.329 e. The number of hydrogen-bond acceptors (Lipinski definition) is 4. The fraction of sp³-hybridized carbons (Fsp3) is 0.429. The summed E-state index contributed by atoms with van der Waals surface area (Å²) >= 11 is 1.63. The van der Waals surface area contributed by atoms with Gasteiger partial charge in [0, 0.05) is 15.8 Å². The first-order valence-corrected chi connectivity index (χ1v) is 7.09. The molecule has 0 radical (unpaired) electrons. The average molecular weight is 295 g/mol. The molecule has 1 aliphatic rings. The molecule has 1 amide bonds. The van der Waals surface area contributed by atoms with Crippen LogP contribution >= 0.6 is 11.3 Å². The zero-order chi connectivity index (χ0) is 14.8. The Kier molecular flexibility index (Phi) is 4.25. The van der Waals surface area contributed by atoms with Crippen LogP contribution in [0.3, 0.4) is 0 Å². The second-order valence-electron chi connectivity index (χ2n) is 5.11. The van der Waals surface area contributed by atoms with Crippen LogP contribution in [0.5, 0.6) is 0 Å². The lowest BCUT2D eigenvalue weighted by atomic mass is 9.96. The van der Waals surface area contributed by atoms with E-state index in [-0.39, 0.29) is 12.5 Å². The molecule has 0 saturated carbocycles. The van der Waals surface area contributed by atoms with Crippen LogP contribution in [0.1, 0.15) is 16.7 Å². The summed E-state index contributed by atoms with van der Waals surface area (Å²) in [5.41, 5.74) is -0.540. The van der Waals surface area contributed by atoms with E-state index in [1.54, 1.807) is 28.4 Å². The Morgan fingerprint density at radius 2 is 2.20 bits per heavy atom. The number of likely N-dealkylation sites (tertiary alicyclic amines) is 1. The highest BCUT2D eigenvalue weighted by Crippen LogP contribution is 2.25. The second-order valence-corrected chi connectivity index (χ2v) is 6.43. The first-order chi connectivity index (χ1) is 9.38. The van der Waals surface area contributed by atoms with Gasteiger partial charge in [0.2, 0.25) is 5.91 Å². The van der Waals surface area contributed by atoms with Crippen LogP contribution in [0.25, 0.3) is 6.08 Å². The SMILES string of the molecule is Cc1ccc(/C=C/C(=O)N2CC(C)(OCC(=O)O)C2)s1. The summed E-state index contributed by atoms with van der Waals surface area (Å²) in [6.45, 7) is 4.35. The molecule has 6 heteroatoms. The van der Waals surface area contributed by atoms with Crippen molar-refractivity contribution >= 4 is 29.3 Å². The number of ether oxygens (including phenoxy) is 1. The molecule has 0 spiro atoms. The summed E-state index contributed by atoms with van der Waals surface area (Å²) in [6, 6.07) is 3.98. The number of carboxylic acids is 1. The normalized spacial score (nSPS) is 17.2. The van der Waals surface area contributed by atoms with Gasteiger partial charge in [0.25, 0.3) is 0 Å². The minimum Gasteiger partial charge on any atom is -0.480 e. The highest BCUT2D eigenvalue weighted by Gasteiger charge is 2.42. The number of thiophene rings is 1. The van der Waals surface area contributed by atoms with Crippen molar-refractivity contribution in [2.75, 3.05) is 19.7 Å². The molecule has 0 aliphatic carbocycles. The molecule has 2 rings (SSSR count). The number of carbonyl (C=O) groups is 2. The third-order valence-corrected chi connectivity index (χ3v) is 4.02. The van der Waals surface area contributed by atoms with E-state index >= 15 is 0 Å². The van der Waals surface area contributed by atoms with Gasteiger partial charge in [-0.3, -0.25) is 4.79 Å². The number of aryl methyl sites for hydroxylation is 1. The third kappa shape index (κ3) is 3.68. The first kappa shape index (κ1) is 14.7. The lowest BCUT2D eigenvalue weighted by Gasteiger charge is -2.46. The van der Waals surface area contributed by atoms with E-state index in [1.807, 2.05) is 26.0 Å². The molecular weight excluding hydrogens is 278 g/mol. The number of rotatable bonds is 5. The zero-order valence-corrected chi connectivity index (χ0v) is 12.3. The van der Waals surface area contributed by atoms with Crippen molar-refractivity contribution in [1.29, 1.82) is 0 Å². The molecule has 20 heavy (non-hydrogen) atoms. The van der Waals surface area contributed by atoms with Crippen LogP contribution in [-0.4, -0.2) is 47.2 Å². The van der Waals surface area contributed by atoms with Crippen LogP contribution in [0, 0.1) is 6.92 Å². The third-order valence-electron chi connectivity index (χ3n) is 3.06. The molecule has 5 nitrogen and oxygen atoms in total. The summed E-state index contributed by atoms with van der Waals surface area (Å²) < 4.78 is 5.26. The van der Waals surface area contributed by atoms with Crippen molar-refractivity contribution < 1.29 is 19.4 Å². The van der Waals surface area contributed by atoms with Crippen molar-refractivity contribution in [1.82, 2.24) is 4.90 Å². The number of carboxylic acid groups (broad SMARTS) is 1. The van der Waals surface area contributed by atoms with Gasteiger partial charge in [-0.25, -0.2) is 4.79 Å². The average Bonchev–Trinajstić information content (AvgIpc) is 2.76. The molecule has 108 valence electrons. The van der Waals surface area contributed by atoms with Gasteiger partial charge in [0.15, 0.2) is 0 Å². The van der Waals surface area contributed by atoms with Gasteiger partial charge < -0.3 is 14.7 Å². The van der Waals surface area contributed by atoms with Gasteiger partial charge in [-0.05, 0) is 32.1 Å². The van der Waals surface area contributed by atoms with Crippen molar-refractivity contribution in [3.8, 4) is 0 Å². The fourth-order valence-corrected chi connectivity index (χ4v) is 2.83. The van der Waals surface area contributed by atoms with E-state index in [0.717, 1.165) is 4.88 Å². The topological polar surface area (TPSA) is 66.8 Å². The second kappa shape index (κ2) is 5.76. The van der Waals surface area contributed by atoms with Crippen LogP contribution in [0.15, 0.2) is 18.2 Å². The molecule has 2 heterocycles. The summed E-state index contributed by atoms with van der Waals surface area (Å²) in [4.78, 5) is 26.2. The molecule has 1 aromatic heterocycles.